The van der Waals surface area contributed by atoms with Crippen LogP contribution in [0.3, 0.4) is 0 Å². The van der Waals surface area contributed by atoms with E-state index in [4.69, 9.17) is 0 Å². The Balaban J connectivity index is 1.90. The van der Waals surface area contributed by atoms with Crippen molar-refractivity contribution >= 4 is 0 Å². The molecule has 0 aromatic heterocycles. The van der Waals surface area contributed by atoms with E-state index in [9.17, 15) is 0 Å². The molecular formula is C16H24N2. The summed E-state index contributed by atoms with van der Waals surface area (Å²) in [4.78, 5) is 0. The minimum atomic E-state index is 0.265. The van der Waals surface area contributed by atoms with Crippen LogP contribution in [0.2, 0.25) is 0 Å². The minimum absolute atomic E-state index is 0.265. The van der Waals surface area contributed by atoms with Crippen LogP contribution < -0.4 is 10.6 Å². The smallest absolute Gasteiger partial charge is 0.0466 e. The fourth-order valence-electron chi connectivity index (χ4n) is 4.31. The van der Waals surface area contributed by atoms with E-state index in [-0.39, 0.29) is 5.54 Å². The second-order valence-electron chi connectivity index (χ2n) is 5.98. The van der Waals surface area contributed by atoms with E-state index in [0.717, 1.165) is 11.8 Å². The number of hydrogen-bond acceptors (Lipinski definition) is 2. The van der Waals surface area contributed by atoms with E-state index in [1.165, 1.54) is 32.2 Å². The summed E-state index contributed by atoms with van der Waals surface area (Å²) < 4.78 is 0. The molecule has 1 saturated carbocycles. The van der Waals surface area contributed by atoms with Crippen LogP contribution in [0.15, 0.2) is 24.3 Å². The first-order chi connectivity index (χ1) is 8.80. The van der Waals surface area contributed by atoms with Crippen molar-refractivity contribution in [2.45, 2.75) is 31.2 Å². The molecular weight excluding hydrogens is 220 g/mol. The second kappa shape index (κ2) is 4.67. The maximum absolute atomic E-state index is 3.68. The molecule has 0 amide bonds. The summed E-state index contributed by atoms with van der Waals surface area (Å²) in [6, 6.07) is 9.04. The summed E-state index contributed by atoms with van der Waals surface area (Å²) in [6.45, 7) is 1.17. The number of nitrogens with one attached hydrogen (secondary N) is 2. The lowest BCUT2D eigenvalue weighted by Gasteiger charge is -2.43. The van der Waals surface area contributed by atoms with Crippen molar-refractivity contribution in [2.75, 3.05) is 20.6 Å². The molecule has 1 aromatic carbocycles. The van der Waals surface area contributed by atoms with Crippen molar-refractivity contribution in [2.24, 2.45) is 11.8 Å². The third kappa shape index (κ3) is 1.70. The third-order valence-corrected chi connectivity index (χ3v) is 5.16. The van der Waals surface area contributed by atoms with Gasteiger partial charge in [0.05, 0.1) is 0 Å². The zero-order chi connectivity index (χ0) is 12.6. The van der Waals surface area contributed by atoms with Crippen LogP contribution in [0.25, 0.3) is 0 Å². The van der Waals surface area contributed by atoms with Gasteiger partial charge in [0.1, 0.15) is 0 Å². The molecule has 0 bridgehead atoms. The number of benzene rings is 1. The molecule has 0 spiro atoms. The lowest BCUT2D eigenvalue weighted by atomic mass is 9.69. The molecule has 0 radical (unpaired) electrons. The fraction of sp³-hybridized carbons (Fsp3) is 0.625. The molecule has 98 valence electrons. The van der Waals surface area contributed by atoms with Crippen LogP contribution in [0.1, 0.15) is 30.4 Å². The Bertz CT molecular complexity index is 429. The van der Waals surface area contributed by atoms with E-state index in [1.54, 1.807) is 11.1 Å². The highest BCUT2D eigenvalue weighted by atomic mass is 15.0. The molecule has 18 heavy (non-hydrogen) atoms. The standard InChI is InChI=1S/C16H24N2/c1-17-11-12-7-8-16(18-2)14(9-12)10-13-5-3-4-6-15(13)16/h3-6,12,14,17-18H,7-11H2,1-2H3/t12-,14-,16+/m0/s1. The Labute approximate surface area is 110 Å². The van der Waals surface area contributed by atoms with Crippen LogP contribution in [0.5, 0.6) is 0 Å². The predicted octanol–water partition coefficient (Wildman–Crippen LogP) is 2.29. The Hall–Kier alpha value is -0.860. The molecule has 2 N–H and O–H groups in total. The molecule has 2 nitrogen and oxygen atoms in total. The third-order valence-electron chi connectivity index (χ3n) is 5.16. The lowest BCUT2D eigenvalue weighted by Crippen LogP contribution is -2.48. The van der Waals surface area contributed by atoms with Crippen molar-refractivity contribution in [1.29, 1.82) is 0 Å². The fourth-order valence-corrected chi connectivity index (χ4v) is 4.31. The molecule has 1 fully saturated rings. The summed E-state index contributed by atoms with van der Waals surface area (Å²) in [7, 11) is 4.22. The quantitative estimate of drug-likeness (QED) is 0.852. The molecule has 0 saturated heterocycles. The van der Waals surface area contributed by atoms with Gasteiger partial charge in [0.2, 0.25) is 0 Å². The zero-order valence-electron chi connectivity index (χ0n) is 11.5. The SMILES string of the molecule is CNC[C@H]1CC[C@]2(NC)c3ccccc3C[C@@H]2C1. The Kier molecular flexibility index (Phi) is 3.16. The van der Waals surface area contributed by atoms with Gasteiger partial charge in [0, 0.05) is 5.54 Å². The first-order valence-electron chi connectivity index (χ1n) is 7.22. The molecule has 0 unspecified atom stereocenters. The maximum Gasteiger partial charge on any atom is 0.0466 e. The predicted molar refractivity (Wildman–Crippen MR) is 75.6 cm³/mol. The summed E-state index contributed by atoms with van der Waals surface area (Å²) in [6.07, 6.45) is 5.25. The summed E-state index contributed by atoms with van der Waals surface area (Å²) >= 11 is 0. The van der Waals surface area contributed by atoms with Crippen molar-refractivity contribution in [3.8, 4) is 0 Å². The summed E-state index contributed by atoms with van der Waals surface area (Å²) in [5, 5.41) is 7.03. The van der Waals surface area contributed by atoms with E-state index in [2.05, 4.69) is 49.0 Å². The second-order valence-corrected chi connectivity index (χ2v) is 5.98. The van der Waals surface area contributed by atoms with Crippen LogP contribution >= 0.6 is 0 Å². The number of hydrogen-bond donors (Lipinski definition) is 2. The monoisotopic (exact) mass is 244 g/mol. The van der Waals surface area contributed by atoms with E-state index in [0.29, 0.717) is 0 Å². The van der Waals surface area contributed by atoms with Crippen LogP contribution in [0.4, 0.5) is 0 Å². The number of rotatable bonds is 3. The van der Waals surface area contributed by atoms with Crippen molar-refractivity contribution in [1.82, 2.24) is 10.6 Å². The Morgan fingerprint density at radius 3 is 2.89 bits per heavy atom. The molecule has 3 rings (SSSR count). The average molecular weight is 244 g/mol. The van der Waals surface area contributed by atoms with Gasteiger partial charge in [-0.1, -0.05) is 24.3 Å². The molecule has 3 atom stereocenters. The summed E-state index contributed by atoms with van der Waals surface area (Å²) in [5.74, 6) is 1.64. The van der Waals surface area contributed by atoms with E-state index in [1.807, 2.05) is 0 Å². The summed E-state index contributed by atoms with van der Waals surface area (Å²) in [5.41, 5.74) is 3.41. The molecule has 1 aromatic rings. The normalized spacial score (nSPS) is 34.1. The molecule has 0 aliphatic heterocycles. The van der Waals surface area contributed by atoms with Crippen LogP contribution in [0, 0.1) is 11.8 Å². The highest BCUT2D eigenvalue weighted by Gasteiger charge is 2.48. The van der Waals surface area contributed by atoms with Gasteiger partial charge in [-0.15, -0.1) is 0 Å². The average Bonchev–Trinajstić information content (AvgIpc) is 2.73. The Morgan fingerprint density at radius 1 is 1.28 bits per heavy atom. The van der Waals surface area contributed by atoms with Gasteiger partial charge < -0.3 is 10.6 Å². The molecule has 2 aliphatic carbocycles. The Morgan fingerprint density at radius 2 is 2.11 bits per heavy atom. The molecule has 2 heteroatoms. The van der Waals surface area contributed by atoms with E-state index >= 15 is 0 Å². The molecule has 2 aliphatic rings. The zero-order valence-corrected chi connectivity index (χ0v) is 11.5. The van der Waals surface area contributed by atoms with Crippen molar-refractivity contribution < 1.29 is 0 Å². The van der Waals surface area contributed by atoms with E-state index < -0.39 is 0 Å². The van der Waals surface area contributed by atoms with Gasteiger partial charge in [0.15, 0.2) is 0 Å². The molecule has 0 heterocycles. The van der Waals surface area contributed by atoms with Gasteiger partial charge in [-0.3, -0.25) is 0 Å². The van der Waals surface area contributed by atoms with Gasteiger partial charge in [-0.05, 0) is 69.3 Å². The van der Waals surface area contributed by atoms with Gasteiger partial charge in [0.25, 0.3) is 0 Å². The van der Waals surface area contributed by atoms with Gasteiger partial charge >= 0.3 is 0 Å². The van der Waals surface area contributed by atoms with Gasteiger partial charge in [-0.2, -0.15) is 0 Å². The lowest BCUT2D eigenvalue weighted by molar-refractivity contribution is 0.128. The highest BCUT2D eigenvalue weighted by molar-refractivity contribution is 5.40. The maximum atomic E-state index is 3.68. The van der Waals surface area contributed by atoms with Crippen molar-refractivity contribution in [3.05, 3.63) is 35.4 Å². The van der Waals surface area contributed by atoms with Gasteiger partial charge in [-0.25, -0.2) is 0 Å². The van der Waals surface area contributed by atoms with Crippen molar-refractivity contribution in [3.63, 3.8) is 0 Å². The topological polar surface area (TPSA) is 24.1 Å². The van der Waals surface area contributed by atoms with Crippen LogP contribution in [-0.4, -0.2) is 20.6 Å². The number of fused-ring (bicyclic) bond motifs is 3. The minimum Gasteiger partial charge on any atom is -0.319 e. The first kappa shape index (κ1) is 12.2. The highest BCUT2D eigenvalue weighted by Crippen LogP contribution is 2.50. The largest absolute Gasteiger partial charge is 0.319 e. The first-order valence-corrected chi connectivity index (χ1v) is 7.22. The van der Waals surface area contributed by atoms with Crippen LogP contribution in [-0.2, 0) is 12.0 Å².